The van der Waals surface area contributed by atoms with Crippen LogP contribution in [-0.4, -0.2) is 81.0 Å². The number of nitrogens with one attached hydrogen (secondary N) is 1. The van der Waals surface area contributed by atoms with Crippen LogP contribution in [0.5, 0.6) is 17.2 Å². The Bertz CT molecular complexity index is 1810. The van der Waals surface area contributed by atoms with Crippen LogP contribution in [-0.2, 0) is 6.54 Å². The molecule has 5 aromatic rings. The van der Waals surface area contributed by atoms with E-state index in [1.165, 1.54) is 16.0 Å². The largest absolute Gasteiger partial charge is 0.493 e. The minimum absolute atomic E-state index is 0.159. The number of hydrogen-bond donors (Lipinski definition) is 1. The lowest BCUT2D eigenvalue weighted by atomic mass is 9.95. The van der Waals surface area contributed by atoms with Crippen molar-refractivity contribution in [3.8, 4) is 17.2 Å². The van der Waals surface area contributed by atoms with Crippen LogP contribution in [0.1, 0.15) is 45.1 Å². The summed E-state index contributed by atoms with van der Waals surface area (Å²) in [4.78, 5) is 25.0. The van der Waals surface area contributed by atoms with Crippen LogP contribution in [0.3, 0.4) is 0 Å². The van der Waals surface area contributed by atoms with Crippen LogP contribution < -0.4 is 24.4 Å². The number of carbonyl (C=O) groups excluding carboxylic acids is 1. The predicted molar refractivity (Wildman–Crippen MR) is 193 cm³/mol. The Kier molecular flexibility index (Phi) is 10.8. The van der Waals surface area contributed by atoms with Crippen molar-refractivity contribution in [1.29, 1.82) is 0 Å². The lowest BCUT2D eigenvalue weighted by molar-refractivity contribution is 0.0948. The van der Waals surface area contributed by atoms with E-state index in [0.717, 1.165) is 63.6 Å². The summed E-state index contributed by atoms with van der Waals surface area (Å²) in [5.41, 5.74) is 4.66. The molecule has 10 heteroatoms. The van der Waals surface area contributed by atoms with E-state index in [4.69, 9.17) is 19.2 Å². The van der Waals surface area contributed by atoms with E-state index in [0.29, 0.717) is 34.9 Å². The fourth-order valence-corrected chi connectivity index (χ4v) is 7.40. The van der Waals surface area contributed by atoms with Crippen LogP contribution in [0.25, 0.3) is 11.0 Å². The van der Waals surface area contributed by atoms with Gasteiger partial charge in [0.1, 0.15) is 0 Å². The molecule has 252 valence electrons. The van der Waals surface area contributed by atoms with Crippen LogP contribution in [0.4, 0.5) is 5.95 Å². The Labute approximate surface area is 287 Å². The molecule has 1 N–H and O–H groups in total. The third-order valence-electron chi connectivity index (χ3n) is 9.30. The highest BCUT2D eigenvalue weighted by Crippen LogP contribution is 2.41. The molecule has 3 heterocycles. The average Bonchev–Trinajstić information content (AvgIpc) is 3.70. The topological polar surface area (TPSA) is 81.1 Å². The second kappa shape index (κ2) is 15.6. The van der Waals surface area contributed by atoms with E-state index in [-0.39, 0.29) is 11.8 Å². The number of hydrogen-bond acceptors (Lipinski definition) is 8. The van der Waals surface area contributed by atoms with Gasteiger partial charge >= 0.3 is 0 Å². The van der Waals surface area contributed by atoms with E-state index in [1.54, 1.807) is 38.7 Å². The lowest BCUT2D eigenvalue weighted by Gasteiger charge is -2.25. The van der Waals surface area contributed by atoms with Gasteiger partial charge in [0, 0.05) is 48.1 Å². The van der Waals surface area contributed by atoms with Crippen LogP contribution in [0.15, 0.2) is 78.2 Å². The van der Waals surface area contributed by atoms with Crippen molar-refractivity contribution in [3.05, 3.63) is 99.7 Å². The minimum atomic E-state index is -0.163. The third-order valence-corrected chi connectivity index (χ3v) is 10.2. The SMILES string of the molecule is COc1cc(C(=O)NCC(CCN2CCCN(c3nc4ccccc4n3Cc3cccs3)CC2)c2ccccc2)c(C)c(OC)c1OC. The van der Waals surface area contributed by atoms with Gasteiger partial charge in [-0.3, -0.25) is 4.79 Å². The first-order valence-corrected chi connectivity index (χ1v) is 17.5. The van der Waals surface area contributed by atoms with Gasteiger partial charge in [0.05, 0.1) is 38.9 Å². The number of aromatic nitrogens is 2. The molecule has 1 atom stereocenters. The number of fused-ring (bicyclic) bond motifs is 1. The molecule has 1 saturated heterocycles. The molecule has 0 saturated carbocycles. The van der Waals surface area contributed by atoms with Gasteiger partial charge in [-0.2, -0.15) is 0 Å². The summed E-state index contributed by atoms with van der Waals surface area (Å²) in [5, 5.41) is 5.36. The van der Waals surface area contributed by atoms with E-state index < -0.39 is 0 Å². The summed E-state index contributed by atoms with van der Waals surface area (Å²) in [6, 6.07) is 25.0. The second-order valence-corrected chi connectivity index (χ2v) is 13.2. The summed E-state index contributed by atoms with van der Waals surface area (Å²) >= 11 is 1.79. The molecule has 0 spiro atoms. The molecule has 9 nitrogen and oxygen atoms in total. The molecule has 1 fully saturated rings. The number of para-hydroxylation sites is 2. The average molecular weight is 668 g/mol. The van der Waals surface area contributed by atoms with E-state index in [9.17, 15) is 4.79 Å². The molecule has 1 aliphatic heterocycles. The summed E-state index contributed by atoms with van der Waals surface area (Å²) in [5.74, 6) is 2.49. The zero-order valence-corrected chi connectivity index (χ0v) is 29.1. The summed E-state index contributed by atoms with van der Waals surface area (Å²) in [7, 11) is 4.69. The summed E-state index contributed by atoms with van der Waals surface area (Å²) in [6.45, 7) is 8.03. The maximum atomic E-state index is 13.6. The number of thiophene rings is 1. The summed E-state index contributed by atoms with van der Waals surface area (Å²) < 4.78 is 19.0. The van der Waals surface area contributed by atoms with Gasteiger partial charge in [-0.1, -0.05) is 48.5 Å². The zero-order valence-electron chi connectivity index (χ0n) is 28.3. The number of amides is 1. The fourth-order valence-electron chi connectivity index (χ4n) is 6.71. The maximum absolute atomic E-state index is 13.6. The Morgan fingerprint density at radius 1 is 0.917 bits per heavy atom. The van der Waals surface area contributed by atoms with Crippen molar-refractivity contribution >= 4 is 34.2 Å². The monoisotopic (exact) mass is 667 g/mol. The Morgan fingerprint density at radius 3 is 2.46 bits per heavy atom. The number of imidazole rings is 1. The smallest absolute Gasteiger partial charge is 0.251 e. The van der Waals surface area contributed by atoms with Crippen molar-refractivity contribution in [2.45, 2.75) is 32.2 Å². The van der Waals surface area contributed by atoms with Gasteiger partial charge < -0.3 is 33.9 Å². The summed E-state index contributed by atoms with van der Waals surface area (Å²) in [6.07, 6.45) is 1.99. The van der Waals surface area contributed by atoms with Gasteiger partial charge in [0.25, 0.3) is 5.91 Å². The number of methoxy groups -OCH3 is 3. The first-order valence-electron chi connectivity index (χ1n) is 16.6. The molecule has 6 rings (SSSR count). The van der Waals surface area contributed by atoms with Crippen molar-refractivity contribution in [2.75, 3.05) is 65.5 Å². The highest BCUT2D eigenvalue weighted by molar-refractivity contribution is 7.09. The molecule has 1 unspecified atom stereocenters. The van der Waals surface area contributed by atoms with Gasteiger partial charge in [-0.25, -0.2) is 4.98 Å². The molecular formula is C38H45N5O4S. The number of carbonyl (C=O) groups is 1. The van der Waals surface area contributed by atoms with Crippen LogP contribution in [0, 0.1) is 6.92 Å². The van der Waals surface area contributed by atoms with E-state index >= 15 is 0 Å². The Balaban J connectivity index is 1.13. The molecule has 0 radical (unpaired) electrons. The van der Waals surface area contributed by atoms with Gasteiger partial charge in [-0.15, -0.1) is 11.3 Å². The maximum Gasteiger partial charge on any atom is 0.251 e. The third kappa shape index (κ3) is 7.29. The highest BCUT2D eigenvalue weighted by atomic mass is 32.1. The second-order valence-electron chi connectivity index (χ2n) is 12.2. The van der Waals surface area contributed by atoms with E-state index in [1.807, 2.05) is 13.0 Å². The molecular weight excluding hydrogens is 623 g/mol. The van der Waals surface area contributed by atoms with Crippen LogP contribution >= 0.6 is 11.3 Å². The number of ether oxygens (including phenoxy) is 3. The standard InChI is InChI=1S/C38H45N5O4S/c1-27-31(24-34(45-2)36(47-4)35(27)46-3)37(44)39-25-29(28-12-6-5-7-13-28)17-20-41-18-11-19-42(22-21-41)38-40-32-15-8-9-16-33(32)43(38)26-30-14-10-23-48-30/h5-10,12-16,23-24,29H,11,17-22,25-26H2,1-4H3,(H,39,44). The number of rotatable bonds is 13. The van der Waals surface area contributed by atoms with Crippen molar-refractivity contribution in [3.63, 3.8) is 0 Å². The minimum Gasteiger partial charge on any atom is -0.493 e. The predicted octanol–water partition coefficient (Wildman–Crippen LogP) is 6.60. The van der Waals surface area contributed by atoms with Gasteiger partial charge in [0.2, 0.25) is 11.7 Å². The molecule has 1 aliphatic rings. The lowest BCUT2D eigenvalue weighted by Crippen LogP contribution is -2.34. The number of benzene rings is 3. The van der Waals surface area contributed by atoms with Crippen molar-refractivity contribution in [1.82, 2.24) is 19.8 Å². The molecule has 48 heavy (non-hydrogen) atoms. The number of anilines is 1. The fraction of sp³-hybridized carbons (Fsp3) is 0.368. The highest BCUT2D eigenvalue weighted by Gasteiger charge is 2.24. The molecule has 3 aromatic carbocycles. The normalized spacial score (nSPS) is 14.5. The van der Waals surface area contributed by atoms with Crippen molar-refractivity contribution < 1.29 is 19.0 Å². The molecule has 2 aromatic heterocycles. The van der Waals surface area contributed by atoms with Crippen molar-refractivity contribution in [2.24, 2.45) is 0 Å². The Morgan fingerprint density at radius 2 is 1.71 bits per heavy atom. The first kappa shape index (κ1) is 33.4. The quantitative estimate of drug-likeness (QED) is 0.152. The molecule has 0 aliphatic carbocycles. The van der Waals surface area contributed by atoms with Crippen LogP contribution in [0.2, 0.25) is 0 Å². The first-order chi connectivity index (χ1) is 23.5. The molecule has 1 amide bonds. The van der Waals surface area contributed by atoms with Gasteiger partial charge in [0.15, 0.2) is 11.5 Å². The Hall–Kier alpha value is -4.54. The zero-order chi connectivity index (χ0) is 33.5. The molecule has 0 bridgehead atoms. The number of nitrogens with zero attached hydrogens (tertiary/aromatic N) is 4. The van der Waals surface area contributed by atoms with Gasteiger partial charge in [-0.05, 0) is 68.1 Å². The van der Waals surface area contributed by atoms with E-state index in [2.05, 4.69) is 85.7 Å².